The lowest BCUT2D eigenvalue weighted by molar-refractivity contribution is -0.152. The molecule has 116 valence electrons. The summed E-state index contributed by atoms with van der Waals surface area (Å²) in [6, 6.07) is 0. The van der Waals surface area contributed by atoms with Crippen LogP contribution >= 0.6 is 7.60 Å². The summed E-state index contributed by atoms with van der Waals surface area (Å²) in [6.07, 6.45) is 1.04. The van der Waals surface area contributed by atoms with Gasteiger partial charge in [-0.2, -0.15) is 0 Å². The molecule has 0 spiro atoms. The Hall–Kier alpha value is -0.510. The van der Waals surface area contributed by atoms with Crippen LogP contribution in [-0.4, -0.2) is 31.9 Å². The fourth-order valence-corrected chi connectivity index (χ4v) is 4.39. The first-order valence-electron chi connectivity index (χ1n) is 6.82. The highest BCUT2D eigenvalue weighted by Crippen LogP contribution is 2.54. The van der Waals surface area contributed by atoms with Gasteiger partial charge in [-0.15, -0.1) is 0 Å². The minimum atomic E-state index is -3.17. The molecule has 0 aromatic heterocycles. The molecular formula is C14H25O5P. The Morgan fingerprint density at radius 2 is 1.70 bits per heavy atom. The van der Waals surface area contributed by atoms with Crippen LogP contribution in [0.25, 0.3) is 0 Å². The lowest BCUT2D eigenvalue weighted by atomic mass is 9.58. The molecule has 1 rings (SSSR count). The topological polar surface area (TPSA) is 69.7 Å². The largest absolute Gasteiger partial charge is 0.330 e. The molecule has 1 saturated carbocycles. The molecule has 0 amide bonds. The molecule has 2 atom stereocenters. The van der Waals surface area contributed by atoms with Gasteiger partial charge in [0.1, 0.15) is 5.78 Å². The monoisotopic (exact) mass is 304 g/mol. The van der Waals surface area contributed by atoms with Gasteiger partial charge in [0.2, 0.25) is 0 Å². The highest BCUT2D eigenvalue weighted by atomic mass is 31.2. The molecule has 0 heterocycles. The van der Waals surface area contributed by atoms with Gasteiger partial charge in [0.05, 0.1) is 11.6 Å². The van der Waals surface area contributed by atoms with Crippen LogP contribution in [-0.2, 0) is 23.2 Å². The van der Waals surface area contributed by atoms with Gasteiger partial charge in [0, 0.05) is 26.1 Å². The number of hydrogen-bond acceptors (Lipinski definition) is 5. The van der Waals surface area contributed by atoms with Crippen molar-refractivity contribution in [3.05, 3.63) is 0 Å². The molecule has 1 aliphatic rings. The van der Waals surface area contributed by atoms with Crippen LogP contribution in [0.5, 0.6) is 0 Å². The molecule has 1 aliphatic carbocycles. The molecule has 0 saturated heterocycles. The Labute approximate surface area is 120 Å². The summed E-state index contributed by atoms with van der Waals surface area (Å²) in [5.41, 5.74) is -1.64. The van der Waals surface area contributed by atoms with Crippen molar-refractivity contribution in [2.75, 3.05) is 20.4 Å². The maximum atomic E-state index is 12.7. The van der Waals surface area contributed by atoms with Crippen LogP contribution in [0.15, 0.2) is 0 Å². The minimum absolute atomic E-state index is 0.0196. The first kappa shape index (κ1) is 17.5. The fourth-order valence-electron chi connectivity index (χ4n) is 2.87. The Balaban J connectivity index is 3.02. The average Bonchev–Trinajstić information content (AvgIpc) is 2.41. The summed E-state index contributed by atoms with van der Waals surface area (Å²) >= 11 is 0. The number of ketones is 2. The third-order valence-corrected chi connectivity index (χ3v) is 6.90. The first-order chi connectivity index (χ1) is 9.03. The molecular weight excluding hydrogens is 279 g/mol. The third-order valence-electron chi connectivity index (χ3n) is 4.80. The van der Waals surface area contributed by atoms with Gasteiger partial charge >= 0.3 is 7.60 Å². The highest BCUT2D eigenvalue weighted by Gasteiger charge is 2.53. The van der Waals surface area contributed by atoms with Gasteiger partial charge in [-0.25, -0.2) is 0 Å². The van der Waals surface area contributed by atoms with Crippen molar-refractivity contribution in [3.63, 3.8) is 0 Å². The second kappa shape index (κ2) is 5.70. The third kappa shape index (κ3) is 2.90. The van der Waals surface area contributed by atoms with Crippen molar-refractivity contribution in [2.24, 2.45) is 16.7 Å². The van der Waals surface area contributed by atoms with Crippen molar-refractivity contribution in [1.82, 2.24) is 0 Å². The predicted octanol–water partition coefficient (Wildman–Crippen LogP) is 3.07. The zero-order valence-electron chi connectivity index (χ0n) is 13.2. The van der Waals surface area contributed by atoms with Crippen LogP contribution < -0.4 is 0 Å². The van der Waals surface area contributed by atoms with Crippen LogP contribution in [0.4, 0.5) is 0 Å². The van der Waals surface area contributed by atoms with E-state index >= 15 is 0 Å². The summed E-state index contributed by atoms with van der Waals surface area (Å²) in [7, 11) is -0.482. The SMILES string of the molecule is COP(=O)(CC(C)C1(C)CCC(=O)C(C)(C)C1=O)OC. The quantitative estimate of drug-likeness (QED) is 0.576. The van der Waals surface area contributed by atoms with Crippen LogP contribution in [0.3, 0.4) is 0 Å². The van der Waals surface area contributed by atoms with E-state index in [2.05, 4.69) is 0 Å². The molecule has 2 unspecified atom stereocenters. The van der Waals surface area contributed by atoms with Crippen molar-refractivity contribution < 1.29 is 23.2 Å². The molecule has 0 aromatic rings. The van der Waals surface area contributed by atoms with Gasteiger partial charge in [-0.3, -0.25) is 14.2 Å². The molecule has 0 radical (unpaired) electrons. The van der Waals surface area contributed by atoms with E-state index in [4.69, 9.17) is 9.05 Å². The van der Waals surface area contributed by atoms with Crippen LogP contribution in [0.2, 0.25) is 0 Å². The minimum Gasteiger partial charge on any atom is -0.312 e. The maximum Gasteiger partial charge on any atom is 0.330 e. The van der Waals surface area contributed by atoms with Crippen molar-refractivity contribution in [3.8, 4) is 0 Å². The predicted molar refractivity (Wildman–Crippen MR) is 76.8 cm³/mol. The van der Waals surface area contributed by atoms with Gasteiger partial charge in [0.15, 0.2) is 5.78 Å². The molecule has 20 heavy (non-hydrogen) atoms. The summed E-state index contributed by atoms with van der Waals surface area (Å²) in [4.78, 5) is 24.6. The molecule has 0 N–H and O–H groups in total. The Morgan fingerprint density at radius 3 is 2.15 bits per heavy atom. The molecule has 5 nitrogen and oxygen atoms in total. The van der Waals surface area contributed by atoms with Crippen molar-refractivity contribution >= 4 is 19.2 Å². The zero-order valence-corrected chi connectivity index (χ0v) is 14.1. The first-order valence-corrected chi connectivity index (χ1v) is 8.55. The lowest BCUT2D eigenvalue weighted by Gasteiger charge is -2.44. The molecule has 1 fully saturated rings. The Kier molecular flexibility index (Phi) is 5.00. The molecule has 6 heteroatoms. The number of Topliss-reactive ketones (excluding diaryl/α,β-unsaturated/α-hetero) is 2. The summed E-state index contributed by atoms with van der Waals surface area (Å²) in [5.74, 6) is -0.283. The van der Waals surface area contributed by atoms with E-state index in [0.29, 0.717) is 12.8 Å². The maximum absolute atomic E-state index is 12.7. The van der Waals surface area contributed by atoms with Gasteiger partial charge in [-0.1, -0.05) is 13.8 Å². The van der Waals surface area contributed by atoms with Gasteiger partial charge in [0.25, 0.3) is 0 Å². The van der Waals surface area contributed by atoms with Crippen molar-refractivity contribution in [2.45, 2.75) is 40.5 Å². The van der Waals surface area contributed by atoms with E-state index in [9.17, 15) is 14.2 Å². The fraction of sp³-hybridized carbons (Fsp3) is 0.857. The zero-order chi connectivity index (χ0) is 15.8. The van der Waals surface area contributed by atoms with E-state index in [1.54, 1.807) is 13.8 Å². The smallest absolute Gasteiger partial charge is 0.312 e. The normalized spacial score (nSPS) is 28.5. The summed E-state index contributed by atoms with van der Waals surface area (Å²) < 4.78 is 22.2. The van der Waals surface area contributed by atoms with E-state index in [1.807, 2.05) is 13.8 Å². The second-order valence-corrected chi connectivity index (χ2v) is 8.67. The summed E-state index contributed by atoms with van der Waals surface area (Å²) in [6.45, 7) is 7.07. The van der Waals surface area contributed by atoms with Crippen LogP contribution in [0.1, 0.15) is 40.5 Å². The van der Waals surface area contributed by atoms with Gasteiger partial charge < -0.3 is 9.05 Å². The van der Waals surface area contributed by atoms with E-state index in [0.717, 1.165) is 0 Å². The highest BCUT2D eigenvalue weighted by molar-refractivity contribution is 7.53. The lowest BCUT2D eigenvalue weighted by Crippen LogP contribution is -2.51. The Morgan fingerprint density at radius 1 is 1.20 bits per heavy atom. The number of carbonyl (C=O) groups is 2. The van der Waals surface area contributed by atoms with Gasteiger partial charge in [-0.05, 0) is 26.2 Å². The summed E-state index contributed by atoms with van der Waals surface area (Å²) in [5, 5.41) is 0. The van der Waals surface area contributed by atoms with E-state index in [1.165, 1.54) is 14.2 Å². The Bertz CT molecular complexity index is 448. The van der Waals surface area contributed by atoms with Crippen LogP contribution in [0, 0.1) is 16.7 Å². The number of carbonyl (C=O) groups excluding carboxylic acids is 2. The average molecular weight is 304 g/mol. The van der Waals surface area contributed by atoms with E-state index < -0.39 is 18.4 Å². The molecule has 0 aliphatic heterocycles. The standard InChI is InChI=1S/C14H25O5P/c1-10(9-20(17,18-5)19-6)14(4)8-7-11(15)13(2,3)12(14)16/h10H,7-9H2,1-6H3. The van der Waals surface area contributed by atoms with Crippen molar-refractivity contribution in [1.29, 1.82) is 0 Å². The molecule has 0 bridgehead atoms. The van der Waals surface area contributed by atoms with E-state index in [-0.39, 0.29) is 23.6 Å². The molecule has 0 aromatic carbocycles. The second-order valence-electron chi connectivity index (χ2n) is 6.35. The number of rotatable bonds is 5. The number of hydrogen-bond donors (Lipinski definition) is 0.